The first-order valence-electron chi connectivity index (χ1n) is 8.84. The van der Waals surface area contributed by atoms with E-state index in [9.17, 15) is 18.0 Å². The first-order chi connectivity index (χ1) is 12.9. The quantitative estimate of drug-likeness (QED) is 0.779. The Morgan fingerprint density at radius 2 is 1.78 bits per heavy atom. The minimum Gasteiger partial charge on any atom is -0.406 e. The Kier molecular flexibility index (Phi) is 6.01. The van der Waals surface area contributed by atoms with E-state index in [1.165, 1.54) is 23.3 Å². The van der Waals surface area contributed by atoms with Crippen LogP contribution in [-0.2, 0) is 13.0 Å². The van der Waals surface area contributed by atoms with Crippen LogP contribution in [0.2, 0.25) is 0 Å². The lowest BCUT2D eigenvalue weighted by Gasteiger charge is -2.28. The molecular weight excluding hydrogens is 357 g/mol. The lowest BCUT2D eigenvalue weighted by atomic mass is 10.00. The van der Waals surface area contributed by atoms with Crippen molar-refractivity contribution in [3.05, 3.63) is 65.2 Å². The molecule has 1 aliphatic rings. The summed E-state index contributed by atoms with van der Waals surface area (Å²) in [6, 6.07) is 13.3. The average Bonchev–Trinajstić information content (AvgIpc) is 2.64. The molecule has 0 spiro atoms. The molecule has 1 heterocycles. The highest BCUT2D eigenvalue weighted by Crippen LogP contribution is 2.22. The highest BCUT2D eigenvalue weighted by atomic mass is 19.4. The summed E-state index contributed by atoms with van der Waals surface area (Å²) in [5.74, 6) is -0.651. The Hall–Kier alpha value is -2.54. The van der Waals surface area contributed by atoms with Gasteiger partial charge in [0.1, 0.15) is 5.75 Å². The molecule has 0 unspecified atom stereocenters. The van der Waals surface area contributed by atoms with Crippen LogP contribution in [0.5, 0.6) is 5.75 Å². The van der Waals surface area contributed by atoms with E-state index >= 15 is 0 Å². The Bertz CT molecular complexity index is 776. The van der Waals surface area contributed by atoms with Crippen LogP contribution in [0.25, 0.3) is 0 Å². The number of hydrogen-bond donors (Lipinski definition) is 1. The Labute approximate surface area is 155 Å². The number of nitrogens with zero attached hydrogens (tertiary/aromatic N) is 1. The van der Waals surface area contributed by atoms with E-state index < -0.39 is 6.36 Å². The van der Waals surface area contributed by atoms with Gasteiger partial charge in [-0.2, -0.15) is 0 Å². The fourth-order valence-corrected chi connectivity index (χ4v) is 3.16. The minimum absolute atomic E-state index is 0.302. The standard InChI is InChI=1S/C20H21F3N2O2/c21-20(22,23)27-18-8-6-16(7-9-18)19(26)24-11-3-12-25-13-10-15-4-1-2-5-17(15)14-25/h1-2,4-9H,3,10-14H2,(H,24,26). The van der Waals surface area contributed by atoms with Gasteiger partial charge in [0.2, 0.25) is 0 Å². The summed E-state index contributed by atoms with van der Waals surface area (Å²) in [4.78, 5) is 14.4. The van der Waals surface area contributed by atoms with Crippen molar-refractivity contribution >= 4 is 5.91 Å². The van der Waals surface area contributed by atoms with Gasteiger partial charge < -0.3 is 10.1 Å². The van der Waals surface area contributed by atoms with E-state index in [-0.39, 0.29) is 11.7 Å². The summed E-state index contributed by atoms with van der Waals surface area (Å²) < 4.78 is 40.2. The molecule has 27 heavy (non-hydrogen) atoms. The smallest absolute Gasteiger partial charge is 0.406 e. The number of halogens is 3. The molecule has 0 saturated carbocycles. The number of benzene rings is 2. The van der Waals surface area contributed by atoms with Crippen molar-refractivity contribution in [1.29, 1.82) is 0 Å². The topological polar surface area (TPSA) is 41.6 Å². The maximum Gasteiger partial charge on any atom is 0.573 e. The molecule has 0 bridgehead atoms. The third-order valence-corrected chi connectivity index (χ3v) is 4.50. The maximum atomic E-state index is 12.1. The number of fused-ring (bicyclic) bond motifs is 1. The van der Waals surface area contributed by atoms with Gasteiger partial charge in [0, 0.05) is 31.7 Å². The Morgan fingerprint density at radius 3 is 2.48 bits per heavy atom. The van der Waals surface area contributed by atoms with Gasteiger partial charge in [0.15, 0.2) is 0 Å². The maximum absolute atomic E-state index is 12.1. The summed E-state index contributed by atoms with van der Waals surface area (Å²) in [5, 5.41) is 2.80. The second-order valence-corrected chi connectivity index (χ2v) is 6.48. The number of nitrogens with one attached hydrogen (secondary N) is 1. The zero-order valence-electron chi connectivity index (χ0n) is 14.8. The SMILES string of the molecule is O=C(NCCCN1CCc2ccccc2C1)c1ccc(OC(F)(F)F)cc1. The zero-order chi connectivity index (χ0) is 19.3. The number of rotatable bonds is 6. The van der Waals surface area contributed by atoms with Gasteiger partial charge in [0.05, 0.1) is 0 Å². The number of alkyl halides is 3. The highest BCUT2D eigenvalue weighted by Gasteiger charge is 2.31. The third-order valence-electron chi connectivity index (χ3n) is 4.50. The van der Waals surface area contributed by atoms with Crippen LogP contribution in [-0.4, -0.2) is 36.8 Å². The van der Waals surface area contributed by atoms with E-state index in [0.29, 0.717) is 12.1 Å². The van der Waals surface area contributed by atoms with Gasteiger partial charge in [-0.15, -0.1) is 13.2 Å². The second kappa shape index (κ2) is 8.43. The van der Waals surface area contributed by atoms with Gasteiger partial charge in [-0.05, 0) is 48.2 Å². The minimum atomic E-state index is -4.74. The van der Waals surface area contributed by atoms with Crippen LogP contribution in [0.3, 0.4) is 0 Å². The van der Waals surface area contributed by atoms with Crippen molar-refractivity contribution in [3.63, 3.8) is 0 Å². The fraction of sp³-hybridized carbons (Fsp3) is 0.350. The molecule has 3 rings (SSSR count). The molecule has 2 aromatic carbocycles. The van der Waals surface area contributed by atoms with Gasteiger partial charge in [-0.3, -0.25) is 9.69 Å². The average molecular weight is 378 g/mol. The van der Waals surface area contributed by atoms with E-state index in [1.807, 2.05) is 6.07 Å². The second-order valence-electron chi connectivity index (χ2n) is 6.48. The summed E-state index contributed by atoms with van der Waals surface area (Å²) in [6.07, 6.45) is -2.89. The van der Waals surface area contributed by atoms with E-state index in [1.54, 1.807) is 0 Å². The normalized spacial score (nSPS) is 14.5. The molecule has 4 nitrogen and oxygen atoms in total. The van der Waals surface area contributed by atoms with Crippen LogP contribution >= 0.6 is 0 Å². The van der Waals surface area contributed by atoms with Crippen LogP contribution < -0.4 is 10.1 Å². The van der Waals surface area contributed by atoms with Crippen LogP contribution in [0.4, 0.5) is 13.2 Å². The molecule has 1 aliphatic heterocycles. The monoisotopic (exact) mass is 378 g/mol. The highest BCUT2D eigenvalue weighted by molar-refractivity contribution is 5.94. The Morgan fingerprint density at radius 1 is 1.07 bits per heavy atom. The van der Waals surface area contributed by atoms with Gasteiger partial charge in [-0.1, -0.05) is 24.3 Å². The molecule has 0 atom stereocenters. The summed E-state index contributed by atoms with van der Waals surface area (Å²) in [7, 11) is 0. The van der Waals surface area contributed by atoms with Crippen molar-refractivity contribution in [2.75, 3.05) is 19.6 Å². The predicted octanol–water partition coefficient (Wildman–Crippen LogP) is 3.76. The third kappa shape index (κ3) is 5.72. The molecule has 0 fully saturated rings. The molecule has 0 aromatic heterocycles. The largest absolute Gasteiger partial charge is 0.573 e. The zero-order valence-corrected chi connectivity index (χ0v) is 14.8. The molecule has 1 amide bonds. The van der Waals surface area contributed by atoms with Gasteiger partial charge in [0.25, 0.3) is 5.91 Å². The lowest BCUT2D eigenvalue weighted by Crippen LogP contribution is -2.33. The van der Waals surface area contributed by atoms with Crippen molar-refractivity contribution in [1.82, 2.24) is 10.2 Å². The molecule has 0 radical (unpaired) electrons. The first-order valence-corrected chi connectivity index (χ1v) is 8.84. The number of ether oxygens (including phenoxy) is 1. The predicted molar refractivity (Wildman–Crippen MR) is 95.5 cm³/mol. The molecule has 0 saturated heterocycles. The van der Waals surface area contributed by atoms with Crippen molar-refractivity contribution < 1.29 is 22.7 Å². The number of carbonyl (C=O) groups is 1. The molecular formula is C20H21F3N2O2. The molecule has 1 N–H and O–H groups in total. The summed E-state index contributed by atoms with van der Waals surface area (Å²) >= 11 is 0. The van der Waals surface area contributed by atoms with Crippen LogP contribution in [0.15, 0.2) is 48.5 Å². The van der Waals surface area contributed by atoms with E-state index in [4.69, 9.17) is 0 Å². The van der Waals surface area contributed by atoms with Crippen LogP contribution in [0.1, 0.15) is 27.9 Å². The number of amides is 1. The molecule has 2 aromatic rings. The van der Waals surface area contributed by atoms with Crippen molar-refractivity contribution in [2.45, 2.75) is 25.7 Å². The first kappa shape index (κ1) is 19.2. The van der Waals surface area contributed by atoms with E-state index in [2.05, 4.69) is 33.2 Å². The Balaban J connectivity index is 1.40. The van der Waals surface area contributed by atoms with Crippen molar-refractivity contribution in [3.8, 4) is 5.75 Å². The fourth-order valence-electron chi connectivity index (χ4n) is 3.16. The van der Waals surface area contributed by atoms with Gasteiger partial charge in [-0.25, -0.2) is 0 Å². The summed E-state index contributed by atoms with van der Waals surface area (Å²) in [6.45, 7) is 3.32. The molecule has 7 heteroatoms. The van der Waals surface area contributed by atoms with E-state index in [0.717, 1.165) is 44.6 Å². The van der Waals surface area contributed by atoms with Crippen molar-refractivity contribution in [2.24, 2.45) is 0 Å². The lowest BCUT2D eigenvalue weighted by molar-refractivity contribution is -0.274. The van der Waals surface area contributed by atoms with Crippen LogP contribution in [0, 0.1) is 0 Å². The number of hydrogen-bond acceptors (Lipinski definition) is 3. The summed E-state index contributed by atoms with van der Waals surface area (Å²) in [5.41, 5.74) is 3.06. The molecule has 144 valence electrons. The molecule has 0 aliphatic carbocycles. The number of carbonyl (C=O) groups excluding carboxylic acids is 1. The van der Waals surface area contributed by atoms with Gasteiger partial charge >= 0.3 is 6.36 Å².